The largest absolute Gasteiger partial charge is 0.456 e. The number of rotatable bonds is 2. The topological polar surface area (TPSA) is 140 Å². The molecule has 0 saturated heterocycles. The van der Waals surface area contributed by atoms with E-state index in [0.717, 1.165) is 6.26 Å². The summed E-state index contributed by atoms with van der Waals surface area (Å²) in [6.07, 6.45) is 4.36. The van der Waals surface area contributed by atoms with Gasteiger partial charge in [-0.25, -0.2) is 9.78 Å². The number of allylic oxidation sites excluding steroid dienone is 1. The highest BCUT2D eigenvalue weighted by Gasteiger charge is 2.33. The van der Waals surface area contributed by atoms with Gasteiger partial charge in [0.1, 0.15) is 23.9 Å². The van der Waals surface area contributed by atoms with Crippen LogP contribution in [0.4, 0.5) is 0 Å². The maximum Gasteiger partial charge on any atom is 0.328 e. The molecule has 0 spiro atoms. The van der Waals surface area contributed by atoms with Crippen molar-refractivity contribution in [2.75, 3.05) is 0 Å². The van der Waals surface area contributed by atoms with E-state index in [1.807, 2.05) is 6.92 Å². The molecule has 1 aliphatic rings. The molecule has 2 atom stereocenters. The Hall–Kier alpha value is -3.17. The van der Waals surface area contributed by atoms with Crippen LogP contribution in [0.5, 0.6) is 0 Å². The summed E-state index contributed by atoms with van der Waals surface area (Å²) in [6.45, 7) is 6.33. The second-order valence-corrected chi connectivity index (χ2v) is 7.19. The highest BCUT2D eigenvalue weighted by Crippen LogP contribution is 2.10. The first-order chi connectivity index (χ1) is 13.6. The number of hydrogen-bond acceptors (Lipinski definition) is 7. The van der Waals surface area contributed by atoms with E-state index >= 15 is 0 Å². The summed E-state index contributed by atoms with van der Waals surface area (Å²) in [7, 11) is 0. The van der Waals surface area contributed by atoms with E-state index < -0.39 is 41.4 Å². The van der Waals surface area contributed by atoms with Crippen LogP contribution in [0.25, 0.3) is 0 Å². The van der Waals surface area contributed by atoms with Crippen LogP contribution in [0, 0.1) is 0 Å². The van der Waals surface area contributed by atoms with E-state index in [-0.39, 0.29) is 24.6 Å². The predicted octanol–water partition coefficient (Wildman–Crippen LogP) is 0.586. The Balaban J connectivity index is 2.29. The van der Waals surface area contributed by atoms with Crippen LogP contribution in [0.15, 0.2) is 22.8 Å². The average molecular weight is 406 g/mol. The molecule has 0 aliphatic carbocycles. The standard InChI is InChI=1S/C19H26N4O6/c1-5-6-7-12-8-14(24)20-9-15-22-13(10-28-15)16(25)23-19(3,4)18(27)21-11(2)17(26)29-12/h6-7,10-12H,5,8-9H2,1-4H3,(H,20,24)(H,21,27)(H,23,25)/b7-6+/t11-,12+/m0/s1. The lowest BCUT2D eigenvalue weighted by Gasteiger charge is -2.26. The summed E-state index contributed by atoms with van der Waals surface area (Å²) >= 11 is 0. The predicted molar refractivity (Wildman–Crippen MR) is 101 cm³/mol. The molecule has 10 heteroatoms. The number of cyclic esters (lactones) is 1. The van der Waals surface area contributed by atoms with E-state index in [1.54, 1.807) is 12.2 Å². The number of hydrogen-bond donors (Lipinski definition) is 3. The quantitative estimate of drug-likeness (QED) is 0.482. The van der Waals surface area contributed by atoms with Gasteiger partial charge in [-0.05, 0) is 33.3 Å². The molecular formula is C19H26N4O6. The Kier molecular flexibility index (Phi) is 7.13. The summed E-state index contributed by atoms with van der Waals surface area (Å²) in [6, 6.07) is -0.981. The van der Waals surface area contributed by atoms with Crippen LogP contribution >= 0.6 is 0 Å². The van der Waals surface area contributed by atoms with E-state index in [4.69, 9.17) is 9.15 Å². The monoisotopic (exact) mass is 406 g/mol. The van der Waals surface area contributed by atoms with Crippen molar-refractivity contribution in [3.8, 4) is 0 Å². The summed E-state index contributed by atoms with van der Waals surface area (Å²) in [5.74, 6) is -2.16. The molecule has 158 valence electrons. The van der Waals surface area contributed by atoms with E-state index in [2.05, 4.69) is 20.9 Å². The maximum absolute atomic E-state index is 12.5. The lowest BCUT2D eigenvalue weighted by atomic mass is 10.0. The van der Waals surface area contributed by atoms with Crippen molar-refractivity contribution in [2.24, 2.45) is 0 Å². The van der Waals surface area contributed by atoms with Crippen molar-refractivity contribution >= 4 is 23.7 Å². The van der Waals surface area contributed by atoms with Crippen LogP contribution in [-0.2, 0) is 25.7 Å². The molecule has 3 N–H and O–H groups in total. The van der Waals surface area contributed by atoms with Gasteiger partial charge >= 0.3 is 5.97 Å². The third kappa shape index (κ3) is 6.16. The molecule has 0 saturated carbocycles. The SMILES string of the molecule is CC/C=C/[C@@H]1CC(=O)NCc2nc(co2)C(=O)NC(C)(C)C(=O)N[C@@H](C)C(=O)O1. The van der Waals surface area contributed by atoms with Crippen molar-refractivity contribution in [1.82, 2.24) is 20.9 Å². The third-order valence-electron chi connectivity index (χ3n) is 4.16. The average Bonchev–Trinajstić information content (AvgIpc) is 3.12. The zero-order valence-corrected chi connectivity index (χ0v) is 16.9. The molecular weight excluding hydrogens is 380 g/mol. The first kappa shape index (κ1) is 22.1. The van der Waals surface area contributed by atoms with Crippen molar-refractivity contribution in [2.45, 2.75) is 64.8 Å². The third-order valence-corrected chi connectivity index (χ3v) is 4.16. The Morgan fingerprint density at radius 3 is 2.69 bits per heavy atom. The van der Waals surface area contributed by atoms with Crippen LogP contribution in [0.2, 0.25) is 0 Å². The number of ether oxygens (including phenoxy) is 1. The molecule has 1 aromatic heterocycles. The van der Waals surface area contributed by atoms with Crippen LogP contribution in [0.1, 0.15) is 56.9 Å². The fourth-order valence-electron chi connectivity index (χ4n) is 2.45. The zero-order valence-electron chi connectivity index (χ0n) is 16.9. The van der Waals surface area contributed by atoms with Crippen molar-refractivity contribution < 1.29 is 28.3 Å². The minimum Gasteiger partial charge on any atom is -0.456 e. The minimum absolute atomic E-state index is 0.0292. The van der Waals surface area contributed by atoms with Crippen LogP contribution < -0.4 is 16.0 Å². The normalized spacial score (nSPS) is 23.9. The second kappa shape index (κ2) is 9.35. The number of carbonyl (C=O) groups excluding carboxylic acids is 4. The van der Waals surface area contributed by atoms with E-state index in [0.29, 0.717) is 6.42 Å². The molecule has 2 rings (SSSR count). The van der Waals surface area contributed by atoms with Gasteiger partial charge in [0.2, 0.25) is 17.7 Å². The lowest BCUT2D eigenvalue weighted by Crippen LogP contribution is -2.57. The number of nitrogens with zero attached hydrogens (tertiary/aromatic N) is 1. The number of oxazole rings is 1. The molecule has 0 radical (unpaired) electrons. The van der Waals surface area contributed by atoms with Gasteiger partial charge in [-0.1, -0.05) is 13.0 Å². The molecule has 0 aromatic carbocycles. The van der Waals surface area contributed by atoms with Crippen molar-refractivity contribution in [1.29, 1.82) is 0 Å². The highest BCUT2D eigenvalue weighted by molar-refractivity contribution is 5.98. The summed E-state index contributed by atoms with van der Waals surface area (Å²) in [5.41, 5.74) is -1.35. The fourth-order valence-corrected chi connectivity index (χ4v) is 2.45. The molecule has 1 aliphatic heterocycles. The highest BCUT2D eigenvalue weighted by atomic mass is 16.5. The molecule has 0 fully saturated rings. The van der Waals surface area contributed by atoms with Gasteiger partial charge < -0.3 is 25.1 Å². The summed E-state index contributed by atoms with van der Waals surface area (Å²) in [5, 5.41) is 7.66. The molecule has 0 unspecified atom stereocenters. The first-order valence-corrected chi connectivity index (χ1v) is 9.34. The molecule has 29 heavy (non-hydrogen) atoms. The Morgan fingerprint density at radius 2 is 2.00 bits per heavy atom. The molecule has 2 bridgehead atoms. The molecule has 2 heterocycles. The van der Waals surface area contributed by atoms with Crippen LogP contribution in [0.3, 0.4) is 0 Å². The first-order valence-electron chi connectivity index (χ1n) is 9.34. The second-order valence-electron chi connectivity index (χ2n) is 7.19. The summed E-state index contributed by atoms with van der Waals surface area (Å²) in [4.78, 5) is 53.5. The smallest absolute Gasteiger partial charge is 0.328 e. The van der Waals surface area contributed by atoms with E-state index in [9.17, 15) is 19.2 Å². The van der Waals surface area contributed by atoms with Gasteiger partial charge in [0.15, 0.2) is 5.69 Å². The number of fused-ring (bicyclic) bond motifs is 2. The number of carbonyl (C=O) groups is 4. The van der Waals surface area contributed by atoms with Crippen LogP contribution in [-0.4, -0.2) is 46.4 Å². The van der Waals surface area contributed by atoms with Gasteiger partial charge in [-0.3, -0.25) is 14.4 Å². The molecule has 3 amide bonds. The Morgan fingerprint density at radius 1 is 1.28 bits per heavy atom. The van der Waals surface area contributed by atoms with E-state index in [1.165, 1.54) is 20.8 Å². The Bertz CT molecular complexity index is 813. The summed E-state index contributed by atoms with van der Waals surface area (Å²) < 4.78 is 10.6. The maximum atomic E-state index is 12.5. The lowest BCUT2D eigenvalue weighted by molar-refractivity contribution is -0.151. The Labute approximate surface area is 168 Å². The number of esters is 1. The van der Waals surface area contributed by atoms with Crippen molar-refractivity contribution in [3.63, 3.8) is 0 Å². The van der Waals surface area contributed by atoms with Gasteiger partial charge in [0.25, 0.3) is 5.91 Å². The van der Waals surface area contributed by atoms with Gasteiger partial charge in [-0.15, -0.1) is 0 Å². The molecule has 10 nitrogen and oxygen atoms in total. The minimum atomic E-state index is -1.32. The number of aromatic nitrogens is 1. The van der Waals surface area contributed by atoms with Gasteiger partial charge in [0.05, 0.1) is 13.0 Å². The van der Waals surface area contributed by atoms with Crippen molar-refractivity contribution in [3.05, 3.63) is 30.0 Å². The van der Waals surface area contributed by atoms with Gasteiger partial charge in [-0.2, -0.15) is 0 Å². The zero-order chi connectivity index (χ0) is 21.6. The van der Waals surface area contributed by atoms with Gasteiger partial charge in [0, 0.05) is 0 Å². The molecule has 1 aromatic rings. The number of nitrogens with one attached hydrogen (secondary N) is 3. The number of amides is 3. The fraction of sp³-hybridized carbons (Fsp3) is 0.526.